The van der Waals surface area contributed by atoms with Gasteiger partial charge in [0.2, 0.25) is 0 Å². The van der Waals surface area contributed by atoms with E-state index < -0.39 is 0 Å². The molecule has 2 aromatic heterocycles. The van der Waals surface area contributed by atoms with Gasteiger partial charge in [-0.2, -0.15) is 10.2 Å². The zero-order valence-electron chi connectivity index (χ0n) is 13.2. The molecule has 0 atom stereocenters. The first-order chi connectivity index (χ1) is 10.0. The maximum Gasteiger partial charge on any atom is 0.269 e. The van der Waals surface area contributed by atoms with Crippen molar-refractivity contribution in [3.63, 3.8) is 0 Å². The summed E-state index contributed by atoms with van der Waals surface area (Å²) in [7, 11) is 0. The topological polar surface area (TPSA) is 64.7 Å². The molecule has 0 fully saturated rings. The van der Waals surface area contributed by atoms with E-state index in [0.29, 0.717) is 18.8 Å². The van der Waals surface area contributed by atoms with Gasteiger partial charge in [0.1, 0.15) is 5.69 Å². The first-order valence-electron chi connectivity index (χ1n) is 7.35. The maximum atomic E-state index is 12.1. The van der Waals surface area contributed by atoms with E-state index in [1.54, 1.807) is 4.68 Å². The quantitative estimate of drug-likeness (QED) is 0.825. The summed E-state index contributed by atoms with van der Waals surface area (Å²) in [4.78, 5) is 12.1. The number of amides is 1. The lowest BCUT2D eigenvalue weighted by molar-refractivity contribution is 0.0942. The molecule has 0 aromatic carbocycles. The Hall–Kier alpha value is -2.11. The Morgan fingerprint density at radius 2 is 1.81 bits per heavy atom. The van der Waals surface area contributed by atoms with Gasteiger partial charge in [-0.15, -0.1) is 0 Å². The summed E-state index contributed by atoms with van der Waals surface area (Å²) in [5, 5.41) is 11.6. The second-order valence-corrected chi connectivity index (χ2v) is 5.25. The van der Waals surface area contributed by atoms with Crippen LogP contribution in [-0.4, -0.2) is 32.0 Å². The number of hydrogen-bond donors (Lipinski definition) is 1. The van der Waals surface area contributed by atoms with Gasteiger partial charge < -0.3 is 5.32 Å². The van der Waals surface area contributed by atoms with Crippen LogP contribution >= 0.6 is 0 Å². The van der Waals surface area contributed by atoms with Crippen molar-refractivity contribution >= 4 is 5.91 Å². The van der Waals surface area contributed by atoms with Crippen molar-refractivity contribution in [1.29, 1.82) is 0 Å². The molecule has 2 rings (SSSR count). The molecule has 0 unspecified atom stereocenters. The summed E-state index contributed by atoms with van der Waals surface area (Å²) < 4.78 is 3.70. The lowest BCUT2D eigenvalue weighted by atomic mass is 10.3. The molecule has 0 aliphatic carbocycles. The van der Waals surface area contributed by atoms with Crippen LogP contribution < -0.4 is 5.32 Å². The summed E-state index contributed by atoms with van der Waals surface area (Å²) in [6.45, 7) is 10.0. The van der Waals surface area contributed by atoms with Crippen LogP contribution in [0.25, 0.3) is 0 Å². The molecule has 1 N–H and O–H groups in total. The monoisotopic (exact) mass is 289 g/mol. The molecule has 0 aliphatic rings. The van der Waals surface area contributed by atoms with Crippen molar-refractivity contribution in [2.24, 2.45) is 0 Å². The Morgan fingerprint density at radius 1 is 1.14 bits per heavy atom. The number of rotatable bonds is 6. The fourth-order valence-electron chi connectivity index (χ4n) is 2.39. The number of nitrogens with one attached hydrogen (secondary N) is 1. The Kier molecular flexibility index (Phi) is 4.77. The Balaban J connectivity index is 1.83. The van der Waals surface area contributed by atoms with E-state index in [9.17, 15) is 4.79 Å². The molecule has 0 saturated carbocycles. The van der Waals surface area contributed by atoms with Crippen molar-refractivity contribution < 1.29 is 4.79 Å². The minimum Gasteiger partial charge on any atom is -0.351 e. The molecular weight excluding hydrogens is 266 g/mol. The number of carbonyl (C=O) groups is 1. The highest BCUT2D eigenvalue weighted by Gasteiger charge is 2.12. The van der Waals surface area contributed by atoms with Crippen LogP contribution in [0.1, 0.15) is 40.9 Å². The van der Waals surface area contributed by atoms with Gasteiger partial charge in [0.25, 0.3) is 5.91 Å². The zero-order valence-corrected chi connectivity index (χ0v) is 13.2. The number of aromatic nitrogens is 4. The van der Waals surface area contributed by atoms with Crippen molar-refractivity contribution in [3.05, 3.63) is 34.9 Å². The predicted molar refractivity (Wildman–Crippen MR) is 81.3 cm³/mol. The van der Waals surface area contributed by atoms with Crippen molar-refractivity contribution in [2.45, 2.75) is 47.2 Å². The van der Waals surface area contributed by atoms with Crippen LogP contribution in [0.3, 0.4) is 0 Å². The van der Waals surface area contributed by atoms with Crippen LogP contribution in [0.15, 0.2) is 12.1 Å². The molecule has 2 aromatic rings. The van der Waals surface area contributed by atoms with Crippen LogP contribution in [0, 0.1) is 20.8 Å². The highest BCUT2D eigenvalue weighted by molar-refractivity contribution is 5.92. The summed E-state index contributed by atoms with van der Waals surface area (Å²) in [5.74, 6) is -0.0641. The van der Waals surface area contributed by atoms with Gasteiger partial charge in [-0.05, 0) is 46.2 Å². The van der Waals surface area contributed by atoms with Crippen LogP contribution in [0.2, 0.25) is 0 Å². The Labute approximate surface area is 125 Å². The summed E-state index contributed by atoms with van der Waals surface area (Å²) >= 11 is 0. The smallest absolute Gasteiger partial charge is 0.269 e. The lowest BCUT2D eigenvalue weighted by Gasteiger charge is -2.07. The third kappa shape index (κ3) is 3.71. The minimum atomic E-state index is -0.0641. The Bertz CT molecular complexity index is 626. The molecule has 0 bridgehead atoms. The number of aryl methyl sites for hydroxylation is 5. The van der Waals surface area contributed by atoms with Gasteiger partial charge in [-0.1, -0.05) is 0 Å². The standard InChI is InChI=1S/C15H23N5O/c1-5-19-14(10-12(3)17-19)15(21)16-7-6-8-20-13(4)9-11(2)18-20/h9-10H,5-8H2,1-4H3,(H,16,21). The van der Waals surface area contributed by atoms with Gasteiger partial charge >= 0.3 is 0 Å². The van der Waals surface area contributed by atoms with Gasteiger partial charge in [0, 0.05) is 25.3 Å². The van der Waals surface area contributed by atoms with E-state index in [2.05, 4.69) is 21.6 Å². The van der Waals surface area contributed by atoms with Crippen molar-refractivity contribution in [3.8, 4) is 0 Å². The first kappa shape index (κ1) is 15.3. The molecular formula is C15H23N5O. The van der Waals surface area contributed by atoms with E-state index >= 15 is 0 Å². The average Bonchev–Trinajstić information content (AvgIpc) is 2.97. The molecule has 6 heteroatoms. The summed E-state index contributed by atoms with van der Waals surface area (Å²) in [6.07, 6.45) is 0.854. The molecule has 6 nitrogen and oxygen atoms in total. The normalized spacial score (nSPS) is 10.9. The average molecular weight is 289 g/mol. The fraction of sp³-hybridized carbons (Fsp3) is 0.533. The molecule has 1 amide bonds. The predicted octanol–water partition coefficient (Wildman–Crippen LogP) is 1.84. The Morgan fingerprint density at radius 3 is 2.43 bits per heavy atom. The van der Waals surface area contributed by atoms with E-state index in [-0.39, 0.29) is 5.91 Å². The van der Waals surface area contributed by atoms with E-state index in [4.69, 9.17) is 0 Å². The highest BCUT2D eigenvalue weighted by Crippen LogP contribution is 2.04. The largest absolute Gasteiger partial charge is 0.351 e. The van der Waals surface area contributed by atoms with Gasteiger partial charge in [-0.25, -0.2) is 0 Å². The van der Waals surface area contributed by atoms with Crippen LogP contribution in [-0.2, 0) is 13.1 Å². The van der Waals surface area contributed by atoms with Gasteiger partial charge in [0.15, 0.2) is 0 Å². The molecule has 2 heterocycles. The fourth-order valence-corrected chi connectivity index (χ4v) is 2.39. The molecule has 21 heavy (non-hydrogen) atoms. The molecule has 0 aliphatic heterocycles. The lowest BCUT2D eigenvalue weighted by Crippen LogP contribution is -2.27. The molecule has 0 saturated heterocycles. The van der Waals surface area contributed by atoms with E-state index in [1.165, 1.54) is 0 Å². The molecule has 0 spiro atoms. The van der Waals surface area contributed by atoms with Crippen LogP contribution in [0.4, 0.5) is 0 Å². The summed E-state index contributed by atoms with van der Waals surface area (Å²) in [5.41, 5.74) is 3.67. The minimum absolute atomic E-state index is 0.0641. The first-order valence-corrected chi connectivity index (χ1v) is 7.35. The van der Waals surface area contributed by atoms with Gasteiger partial charge in [-0.3, -0.25) is 14.2 Å². The number of nitrogens with zero attached hydrogens (tertiary/aromatic N) is 4. The van der Waals surface area contributed by atoms with Crippen molar-refractivity contribution in [1.82, 2.24) is 24.9 Å². The highest BCUT2D eigenvalue weighted by atomic mass is 16.2. The van der Waals surface area contributed by atoms with E-state index in [0.717, 1.165) is 30.0 Å². The van der Waals surface area contributed by atoms with Crippen LogP contribution in [0.5, 0.6) is 0 Å². The van der Waals surface area contributed by atoms with E-state index in [1.807, 2.05) is 38.4 Å². The summed E-state index contributed by atoms with van der Waals surface area (Å²) in [6, 6.07) is 3.88. The second kappa shape index (κ2) is 6.56. The number of carbonyl (C=O) groups excluding carboxylic acids is 1. The van der Waals surface area contributed by atoms with Gasteiger partial charge in [0.05, 0.1) is 11.4 Å². The third-order valence-electron chi connectivity index (χ3n) is 3.37. The molecule has 0 radical (unpaired) electrons. The number of hydrogen-bond acceptors (Lipinski definition) is 3. The molecule has 114 valence electrons. The second-order valence-electron chi connectivity index (χ2n) is 5.25. The third-order valence-corrected chi connectivity index (χ3v) is 3.37. The van der Waals surface area contributed by atoms with Crippen molar-refractivity contribution in [2.75, 3.05) is 6.54 Å². The zero-order chi connectivity index (χ0) is 15.4. The maximum absolute atomic E-state index is 12.1. The SMILES string of the molecule is CCn1nc(C)cc1C(=O)NCCCn1nc(C)cc1C.